The summed E-state index contributed by atoms with van der Waals surface area (Å²) in [6, 6.07) is 22.9. The number of halogens is 2. The molecule has 0 aliphatic carbocycles. The molecule has 0 atom stereocenters. The molecule has 336 valence electrons. The van der Waals surface area contributed by atoms with Gasteiger partial charge in [-0.15, -0.1) is 0 Å². The van der Waals surface area contributed by atoms with Crippen LogP contribution in [0.4, 0.5) is 8.78 Å². The number of nitrogens with zero attached hydrogens (tertiary/aromatic N) is 2. The van der Waals surface area contributed by atoms with Crippen LogP contribution < -0.4 is 4.74 Å². The fourth-order valence-electron chi connectivity index (χ4n) is 6.58. The van der Waals surface area contributed by atoms with E-state index in [1.807, 2.05) is 24.3 Å². The molecule has 0 saturated heterocycles. The Hall–Kier alpha value is -5.86. The van der Waals surface area contributed by atoms with Gasteiger partial charge in [0.2, 0.25) is 0 Å². The standard InChI is InChI=1S/C25H32FNO5.C23H28FNO5/c1-4-32-24(28)7-5-6-15-27(16-14-21-17-22(26)12-13-23(21)30-2)18-19-8-10-20(11-9-19)25(29)31-3;1-29-22(27)5-3-4-13-25(14-12-19-15-20(24)10-11-21(19)26)16-17-6-8-18(9-7-17)23(28)30-2/h8-13,17H,4-7,14-16,18H2,1-3H3;6-11,15,26H,3-5,12-14,16H2,1-2H3. The predicted molar refractivity (Wildman–Crippen MR) is 231 cm³/mol. The fraction of sp³-hybridized carbons (Fsp3) is 0.417. The second-order valence-corrected chi connectivity index (χ2v) is 14.5. The summed E-state index contributed by atoms with van der Waals surface area (Å²) in [4.78, 5) is 50.6. The summed E-state index contributed by atoms with van der Waals surface area (Å²) in [6.07, 6.45) is 4.94. The molecule has 4 rings (SSSR count). The van der Waals surface area contributed by atoms with Crippen LogP contribution in [0, 0.1) is 11.6 Å². The summed E-state index contributed by atoms with van der Waals surface area (Å²) in [6.45, 7) is 6.27. The molecule has 0 aliphatic rings. The highest BCUT2D eigenvalue weighted by Gasteiger charge is 2.14. The predicted octanol–water partition coefficient (Wildman–Crippen LogP) is 8.10. The van der Waals surface area contributed by atoms with Crippen molar-refractivity contribution in [1.82, 2.24) is 9.80 Å². The van der Waals surface area contributed by atoms with Gasteiger partial charge in [-0.25, -0.2) is 18.4 Å². The number of ether oxygens (including phenoxy) is 5. The fourth-order valence-corrected chi connectivity index (χ4v) is 6.58. The van der Waals surface area contributed by atoms with Crippen LogP contribution in [-0.2, 0) is 54.5 Å². The van der Waals surface area contributed by atoms with Crippen LogP contribution in [-0.4, -0.2) is 100 Å². The van der Waals surface area contributed by atoms with Gasteiger partial charge in [0.1, 0.15) is 23.1 Å². The van der Waals surface area contributed by atoms with E-state index in [1.54, 1.807) is 44.4 Å². The zero-order valence-corrected chi connectivity index (χ0v) is 36.5. The second kappa shape index (κ2) is 27.9. The Morgan fingerprint density at radius 2 is 1.03 bits per heavy atom. The van der Waals surface area contributed by atoms with Crippen molar-refractivity contribution in [3.05, 3.63) is 130 Å². The number of phenolic OH excluding ortho intramolecular Hbond substituents is 1. The first-order valence-electron chi connectivity index (χ1n) is 20.7. The molecule has 0 aliphatic heterocycles. The third kappa shape index (κ3) is 18.4. The summed E-state index contributed by atoms with van der Waals surface area (Å²) < 4.78 is 51.7. The van der Waals surface area contributed by atoms with Crippen LogP contribution in [0.15, 0.2) is 84.9 Å². The van der Waals surface area contributed by atoms with E-state index in [0.29, 0.717) is 87.3 Å². The first-order valence-corrected chi connectivity index (χ1v) is 20.7. The number of hydrogen-bond acceptors (Lipinski definition) is 12. The number of carbonyl (C=O) groups excluding carboxylic acids is 4. The van der Waals surface area contributed by atoms with E-state index < -0.39 is 0 Å². The average molecular weight is 863 g/mol. The highest BCUT2D eigenvalue weighted by Crippen LogP contribution is 2.22. The van der Waals surface area contributed by atoms with Crippen molar-refractivity contribution in [2.45, 2.75) is 71.4 Å². The Morgan fingerprint density at radius 1 is 0.565 bits per heavy atom. The Morgan fingerprint density at radius 3 is 1.50 bits per heavy atom. The zero-order valence-electron chi connectivity index (χ0n) is 36.5. The van der Waals surface area contributed by atoms with E-state index in [2.05, 4.69) is 14.5 Å². The smallest absolute Gasteiger partial charge is 0.337 e. The van der Waals surface area contributed by atoms with Crippen LogP contribution in [0.5, 0.6) is 11.5 Å². The van der Waals surface area contributed by atoms with E-state index in [1.165, 1.54) is 51.7 Å². The third-order valence-electron chi connectivity index (χ3n) is 9.98. The van der Waals surface area contributed by atoms with Crippen molar-refractivity contribution in [2.75, 3.05) is 61.2 Å². The van der Waals surface area contributed by atoms with E-state index in [9.17, 15) is 33.1 Å². The topological polar surface area (TPSA) is 141 Å². The number of unbranched alkanes of at least 4 members (excludes halogenated alkanes) is 2. The van der Waals surface area contributed by atoms with Crippen molar-refractivity contribution in [3.8, 4) is 11.5 Å². The van der Waals surface area contributed by atoms with Crippen LogP contribution in [0.3, 0.4) is 0 Å². The Kier molecular flexibility index (Phi) is 22.7. The molecular weight excluding hydrogens is 803 g/mol. The molecule has 0 bridgehead atoms. The van der Waals surface area contributed by atoms with Crippen molar-refractivity contribution in [3.63, 3.8) is 0 Å². The van der Waals surface area contributed by atoms with E-state index in [-0.39, 0.29) is 41.3 Å². The molecule has 62 heavy (non-hydrogen) atoms. The quantitative estimate of drug-likeness (QED) is 0.0414. The number of esters is 4. The van der Waals surface area contributed by atoms with Gasteiger partial charge in [0.25, 0.3) is 0 Å². The molecule has 0 saturated carbocycles. The van der Waals surface area contributed by atoms with Gasteiger partial charge in [-0.3, -0.25) is 19.4 Å². The number of methoxy groups -OCH3 is 4. The monoisotopic (exact) mass is 862 g/mol. The highest BCUT2D eigenvalue weighted by molar-refractivity contribution is 5.89. The summed E-state index contributed by atoms with van der Waals surface area (Å²) in [5, 5.41) is 9.97. The van der Waals surface area contributed by atoms with Crippen molar-refractivity contribution in [2.24, 2.45) is 0 Å². The van der Waals surface area contributed by atoms with Gasteiger partial charge < -0.3 is 28.8 Å². The molecule has 4 aromatic rings. The van der Waals surface area contributed by atoms with Gasteiger partial charge >= 0.3 is 23.9 Å². The lowest BCUT2D eigenvalue weighted by molar-refractivity contribution is -0.143. The summed E-state index contributed by atoms with van der Waals surface area (Å²) in [5.74, 6) is -1.11. The number of rotatable bonds is 24. The number of benzene rings is 4. The first-order chi connectivity index (χ1) is 29.9. The largest absolute Gasteiger partial charge is 0.508 e. The molecule has 1 N–H and O–H groups in total. The lowest BCUT2D eigenvalue weighted by Gasteiger charge is -2.23. The van der Waals surface area contributed by atoms with Crippen LogP contribution in [0.1, 0.15) is 88.4 Å². The van der Waals surface area contributed by atoms with Gasteiger partial charge in [-0.2, -0.15) is 0 Å². The molecule has 0 aromatic heterocycles. The van der Waals surface area contributed by atoms with Gasteiger partial charge in [-0.05, 0) is 141 Å². The minimum Gasteiger partial charge on any atom is -0.508 e. The Balaban J connectivity index is 0.000000331. The summed E-state index contributed by atoms with van der Waals surface area (Å²) >= 11 is 0. The minimum atomic E-state index is -0.386. The molecule has 0 fully saturated rings. The Bertz CT molecular complexity index is 1990. The normalized spacial score (nSPS) is 10.8. The number of aromatic hydroxyl groups is 1. The number of hydrogen-bond donors (Lipinski definition) is 1. The second-order valence-electron chi connectivity index (χ2n) is 14.5. The molecule has 0 unspecified atom stereocenters. The maximum Gasteiger partial charge on any atom is 0.337 e. The molecule has 0 amide bonds. The van der Waals surface area contributed by atoms with Gasteiger partial charge in [-0.1, -0.05) is 24.3 Å². The van der Waals surface area contributed by atoms with Gasteiger partial charge in [0, 0.05) is 39.0 Å². The SMILES string of the molecule is CCOC(=O)CCCCN(CCc1cc(F)ccc1OC)Cc1ccc(C(=O)OC)cc1.COC(=O)CCCCN(CCc1cc(F)ccc1O)Cc1ccc(C(=O)OC)cc1. The third-order valence-corrected chi connectivity index (χ3v) is 9.98. The van der Waals surface area contributed by atoms with E-state index >= 15 is 0 Å². The summed E-state index contributed by atoms with van der Waals surface area (Å²) in [7, 11) is 5.65. The summed E-state index contributed by atoms with van der Waals surface area (Å²) in [5.41, 5.74) is 4.41. The first kappa shape index (κ1) is 50.5. The molecule has 4 aromatic carbocycles. The minimum absolute atomic E-state index is 0.0736. The van der Waals surface area contributed by atoms with Crippen molar-refractivity contribution in [1.29, 1.82) is 0 Å². The maximum absolute atomic E-state index is 13.7. The van der Waals surface area contributed by atoms with Crippen molar-refractivity contribution >= 4 is 23.9 Å². The van der Waals surface area contributed by atoms with E-state index in [4.69, 9.17) is 18.9 Å². The zero-order chi connectivity index (χ0) is 45.3. The van der Waals surface area contributed by atoms with E-state index in [0.717, 1.165) is 49.0 Å². The lowest BCUT2D eigenvalue weighted by atomic mass is 10.1. The molecule has 12 nitrogen and oxygen atoms in total. The highest BCUT2D eigenvalue weighted by atomic mass is 19.1. The Labute approximate surface area is 363 Å². The molecule has 0 heterocycles. The van der Waals surface area contributed by atoms with Crippen LogP contribution in [0.25, 0.3) is 0 Å². The van der Waals surface area contributed by atoms with Crippen LogP contribution in [0.2, 0.25) is 0 Å². The van der Waals surface area contributed by atoms with Crippen LogP contribution >= 0.6 is 0 Å². The van der Waals surface area contributed by atoms with Crippen molar-refractivity contribution < 1.29 is 56.7 Å². The number of phenols is 1. The molecule has 0 spiro atoms. The molecular formula is C48H60F2N2O10. The molecule has 0 radical (unpaired) electrons. The van der Waals surface area contributed by atoms with Gasteiger partial charge in [0.05, 0.1) is 46.2 Å². The lowest BCUT2D eigenvalue weighted by Crippen LogP contribution is -2.27. The molecule has 14 heteroatoms. The maximum atomic E-state index is 13.7. The average Bonchev–Trinajstić information content (AvgIpc) is 3.28. The number of carbonyl (C=O) groups is 4. The van der Waals surface area contributed by atoms with Gasteiger partial charge in [0.15, 0.2) is 0 Å².